The number of para-hydroxylation sites is 6. The van der Waals surface area contributed by atoms with Crippen LogP contribution in [0.4, 0.5) is 34.1 Å². The lowest BCUT2D eigenvalue weighted by Gasteiger charge is -2.45. The van der Waals surface area contributed by atoms with Gasteiger partial charge in [-0.3, -0.25) is 0 Å². The fourth-order valence-corrected chi connectivity index (χ4v) is 21.5. The highest BCUT2D eigenvalue weighted by molar-refractivity contribution is 6.17. The minimum atomic E-state index is -0.601. The van der Waals surface area contributed by atoms with E-state index in [1.807, 2.05) is 66.7 Å². The van der Waals surface area contributed by atoms with Crippen LogP contribution >= 0.6 is 0 Å². The number of hydrogen-bond acceptors (Lipinski definition) is 9. The molecule has 2 spiro atoms. The highest BCUT2D eigenvalue weighted by Crippen LogP contribution is 2.67. The lowest BCUT2D eigenvalue weighted by Crippen LogP contribution is -2.36. The minimum absolute atomic E-state index is 0.588. The van der Waals surface area contributed by atoms with Crippen LogP contribution in [-0.2, 0) is 10.8 Å². The summed E-state index contributed by atoms with van der Waals surface area (Å²) in [6, 6.07) is 163. The van der Waals surface area contributed by atoms with Gasteiger partial charge >= 0.3 is 0 Å². The van der Waals surface area contributed by atoms with Crippen LogP contribution < -0.4 is 9.80 Å². The third kappa shape index (κ3) is 11.4. The van der Waals surface area contributed by atoms with Crippen LogP contribution in [0.2, 0.25) is 0 Å². The van der Waals surface area contributed by atoms with Crippen molar-refractivity contribution in [1.82, 2.24) is 34.9 Å². The van der Waals surface area contributed by atoms with Gasteiger partial charge in [0.25, 0.3) is 0 Å². The molecule has 27 rings (SSSR count). The maximum Gasteiger partial charge on any atom is 0.164 e. The molecule has 4 aliphatic rings. The minimum Gasteiger partial charge on any atom is -0.310 e. The van der Waals surface area contributed by atoms with Gasteiger partial charge in [-0.25, -0.2) is 34.9 Å². The van der Waals surface area contributed by atoms with Gasteiger partial charge in [-0.15, -0.1) is 0 Å². The zero-order valence-corrected chi connectivity index (χ0v) is 70.3. The van der Waals surface area contributed by atoms with Crippen molar-refractivity contribution in [3.8, 4) is 101 Å². The zero-order valence-electron chi connectivity index (χ0n) is 70.3. The van der Waals surface area contributed by atoms with Crippen molar-refractivity contribution in [2.75, 3.05) is 9.80 Å². The predicted molar refractivity (Wildman–Crippen MR) is 532 cm³/mol. The predicted octanol–water partition coefficient (Wildman–Crippen LogP) is 30.0. The van der Waals surface area contributed by atoms with Crippen molar-refractivity contribution >= 4 is 99.3 Å². The number of hydrogen-bond donors (Lipinski definition) is 0. The fraction of sp³-hybridized carbons (Fsp3) is 0.0165. The molecule has 0 amide bonds. The van der Waals surface area contributed by atoms with Crippen LogP contribution in [0.5, 0.6) is 0 Å². The van der Waals surface area contributed by atoms with E-state index in [4.69, 9.17) is 34.9 Å². The van der Waals surface area contributed by atoms with E-state index in [1.54, 1.807) is 0 Å². The Kier molecular flexibility index (Phi) is 17.0. The first-order valence-corrected chi connectivity index (χ1v) is 44.3. The fourth-order valence-electron chi connectivity index (χ4n) is 21.5. The Bertz CT molecular complexity index is 8430. The third-order valence-electron chi connectivity index (χ3n) is 27.1. The van der Waals surface area contributed by atoms with Crippen LogP contribution in [0.15, 0.2) is 455 Å². The summed E-state index contributed by atoms with van der Waals surface area (Å²) in [4.78, 5) is 41.8. The van der Waals surface area contributed by atoms with E-state index in [1.165, 1.54) is 78.1 Å². The average Bonchev–Trinajstić information content (AvgIpc) is 1.57. The topological polar surface area (TPSA) is 96.7 Å². The molecular weight excluding hydrogens is 1580 g/mol. The van der Waals surface area contributed by atoms with Crippen molar-refractivity contribution in [3.05, 3.63) is 499 Å². The molecule has 2 aliphatic heterocycles. The second-order valence-corrected chi connectivity index (χ2v) is 34.0. The Labute approximate surface area is 750 Å². The molecule has 0 bridgehead atoms. The normalized spacial score (nSPS) is 13.2. The molecule has 7 heterocycles. The molecule has 9 heteroatoms. The maximum absolute atomic E-state index is 5.57. The summed E-state index contributed by atoms with van der Waals surface area (Å²) in [6.45, 7) is 0. The van der Waals surface area contributed by atoms with Gasteiger partial charge in [-0.2, -0.15) is 0 Å². The molecule has 0 radical (unpaired) electrons. The van der Waals surface area contributed by atoms with Gasteiger partial charge in [-0.05, 0) is 175 Å². The molecule has 0 unspecified atom stereocenters. The average molecular weight is 1650 g/mol. The van der Waals surface area contributed by atoms with Crippen molar-refractivity contribution in [2.45, 2.75) is 10.8 Å². The molecule has 0 saturated carbocycles. The Hall–Kier alpha value is -17.3. The monoisotopic (exact) mass is 1650 g/mol. The molecule has 2 aliphatic carbocycles. The molecule has 5 aromatic heterocycles. The highest BCUT2D eigenvalue weighted by atomic mass is 15.2. The van der Waals surface area contributed by atoms with E-state index in [-0.39, 0.29) is 0 Å². The van der Waals surface area contributed by atoms with E-state index in [0.717, 1.165) is 150 Å². The summed E-state index contributed by atoms with van der Waals surface area (Å²) in [7, 11) is 0. The van der Waals surface area contributed by atoms with E-state index in [2.05, 4.69) is 398 Å². The van der Waals surface area contributed by atoms with Crippen molar-refractivity contribution in [3.63, 3.8) is 0 Å². The molecule has 604 valence electrons. The SMILES string of the molecule is c1ccc(-c2ccc3ccc4ccc(-c5cccc(-c6nc7ccccc7c7cc8c(cc67)C6(c7ccccc7-c7ccccc76)c6ccccc6N8c6ccccc6)c5)nc4c3n2)cc1.c1ccc(-c2nc(-c3ccccc3)nc(-c3cccc(-c4nc5ccccc5c5cc6c(cc45)C4(c5ccccc5-c5ccccc54)c4ccccc4N6c4ccccc4)c3)n2)cc1. The van der Waals surface area contributed by atoms with E-state index < -0.39 is 10.8 Å². The van der Waals surface area contributed by atoms with Gasteiger partial charge in [0.2, 0.25) is 0 Å². The van der Waals surface area contributed by atoms with Gasteiger partial charge in [0.1, 0.15) is 0 Å². The molecular formula is C121H75N9. The lowest BCUT2D eigenvalue weighted by molar-refractivity contribution is 0.754. The first-order valence-electron chi connectivity index (χ1n) is 44.3. The Morgan fingerprint density at radius 2 is 0.492 bits per heavy atom. The zero-order chi connectivity index (χ0) is 85.5. The number of pyridine rings is 4. The summed E-state index contributed by atoms with van der Waals surface area (Å²) >= 11 is 0. The lowest BCUT2D eigenvalue weighted by atomic mass is 9.64. The van der Waals surface area contributed by atoms with Crippen LogP contribution in [0.25, 0.3) is 167 Å². The summed E-state index contributed by atoms with van der Waals surface area (Å²) in [5.41, 5.74) is 35.1. The number of rotatable bonds is 9. The van der Waals surface area contributed by atoms with E-state index in [9.17, 15) is 0 Å². The summed E-state index contributed by atoms with van der Waals surface area (Å²) < 4.78 is 0. The standard InChI is InChI=1S/C62H38N4.C59H37N5/c1-3-16-39(17-4-1)54-34-32-40-30-31-41-33-35-55(64-61(41)60(40)63-54)42-18-15-19-43(36-42)59-49-37-53-58(38-48(49)47-24-9-13-28-56(47)65-59)66(44-20-5-2-6-21-44)57-29-14-12-27-52(57)62(53)50-25-10-7-22-45(50)46-23-8-11-26-51(46)62;1-4-19-38(20-5-1)56-61-57(39-21-6-2-7-22-39)63-58(62-56)41-24-18-23-40(35-41)55-47-36-51-54(37-46(47)45-29-12-16-33-52(45)60-55)64(42-25-8-3-9-26-42)53-34-17-15-32-50(53)59(51)48-30-13-10-27-43(48)44-28-11-14-31-49(44)59/h1-38H;1-37H. The van der Waals surface area contributed by atoms with Crippen molar-refractivity contribution in [1.29, 1.82) is 0 Å². The van der Waals surface area contributed by atoms with Crippen LogP contribution in [-0.4, -0.2) is 34.9 Å². The van der Waals surface area contributed by atoms with Gasteiger partial charge in [0.05, 0.1) is 78.4 Å². The van der Waals surface area contributed by atoms with Crippen LogP contribution in [0.3, 0.4) is 0 Å². The van der Waals surface area contributed by atoms with Gasteiger partial charge < -0.3 is 9.80 Å². The van der Waals surface area contributed by atoms with Crippen molar-refractivity contribution < 1.29 is 0 Å². The van der Waals surface area contributed by atoms with Crippen molar-refractivity contribution in [2.24, 2.45) is 0 Å². The Morgan fingerprint density at radius 1 is 0.177 bits per heavy atom. The molecule has 0 saturated heterocycles. The first kappa shape index (κ1) is 74.2. The molecule has 130 heavy (non-hydrogen) atoms. The Balaban J connectivity index is 0.000000137. The largest absolute Gasteiger partial charge is 0.310 e. The third-order valence-corrected chi connectivity index (χ3v) is 27.1. The molecule has 9 nitrogen and oxygen atoms in total. The number of benzene rings is 18. The van der Waals surface area contributed by atoms with Crippen LogP contribution in [0.1, 0.15) is 44.5 Å². The maximum atomic E-state index is 5.57. The van der Waals surface area contributed by atoms with Crippen LogP contribution in [0, 0.1) is 0 Å². The van der Waals surface area contributed by atoms with Gasteiger partial charge in [0.15, 0.2) is 17.5 Å². The summed E-state index contributed by atoms with van der Waals surface area (Å²) in [5, 5.41) is 8.82. The quantitative estimate of drug-likeness (QED) is 0.131. The van der Waals surface area contributed by atoms with E-state index in [0.29, 0.717) is 17.5 Å². The smallest absolute Gasteiger partial charge is 0.164 e. The summed E-state index contributed by atoms with van der Waals surface area (Å²) in [5.74, 6) is 1.85. The summed E-state index contributed by atoms with van der Waals surface area (Å²) in [6.07, 6.45) is 0. The van der Waals surface area contributed by atoms with E-state index >= 15 is 0 Å². The first-order chi connectivity index (χ1) is 64.5. The highest BCUT2D eigenvalue weighted by Gasteiger charge is 2.54. The number of nitrogens with zero attached hydrogens (tertiary/aromatic N) is 9. The molecule has 0 N–H and O–H groups in total. The second-order valence-electron chi connectivity index (χ2n) is 34.0. The molecule has 23 aromatic rings. The number of aromatic nitrogens is 7. The van der Waals surface area contributed by atoms with Gasteiger partial charge in [-0.1, -0.05) is 358 Å². The number of fused-ring (bicyclic) bond motifs is 27. The Morgan fingerprint density at radius 3 is 0.923 bits per heavy atom. The molecule has 0 fully saturated rings. The molecule has 0 atom stereocenters. The second kappa shape index (κ2) is 29.7. The number of anilines is 6. The van der Waals surface area contributed by atoms with Gasteiger partial charge in [0, 0.05) is 82.6 Å². The molecule has 18 aromatic carbocycles.